The summed E-state index contributed by atoms with van der Waals surface area (Å²) in [7, 11) is 0. The number of rotatable bonds is 7. The van der Waals surface area contributed by atoms with E-state index in [1.54, 1.807) is 24.3 Å². The number of nitrogens with one attached hydrogen (secondary N) is 1. The van der Waals surface area contributed by atoms with Crippen molar-refractivity contribution in [3.63, 3.8) is 0 Å². The maximum atomic E-state index is 12.9. The molecule has 0 aliphatic heterocycles. The number of esters is 1. The molecule has 1 N–H and O–H groups in total. The number of ether oxygens (including phenoxy) is 1. The molecule has 0 unspecified atom stereocenters. The Morgan fingerprint density at radius 2 is 1.63 bits per heavy atom. The quantitative estimate of drug-likeness (QED) is 0.608. The van der Waals surface area contributed by atoms with Gasteiger partial charge >= 0.3 is 5.97 Å². The normalized spacial score (nSPS) is 12.0. The SMILES string of the molecule is CC(C)CNC(=O)[C@@H](C)OC(=O)c1nn(Cc2ccccc2)c(=O)c2ccccc12. The van der Waals surface area contributed by atoms with E-state index >= 15 is 0 Å². The van der Waals surface area contributed by atoms with Crippen molar-refractivity contribution in [1.82, 2.24) is 15.1 Å². The smallest absolute Gasteiger partial charge is 0.360 e. The molecule has 0 spiro atoms. The van der Waals surface area contributed by atoms with E-state index in [0.29, 0.717) is 17.3 Å². The van der Waals surface area contributed by atoms with Crippen LogP contribution in [0.4, 0.5) is 0 Å². The number of amides is 1. The molecule has 0 saturated heterocycles. The van der Waals surface area contributed by atoms with Crippen LogP contribution in [-0.2, 0) is 16.1 Å². The second kappa shape index (κ2) is 9.35. The molecule has 2 aromatic carbocycles. The van der Waals surface area contributed by atoms with Crippen LogP contribution in [-0.4, -0.2) is 34.3 Å². The van der Waals surface area contributed by atoms with Crippen molar-refractivity contribution >= 4 is 22.6 Å². The summed E-state index contributed by atoms with van der Waals surface area (Å²) >= 11 is 0. The fourth-order valence-electron chi connectivity index (χ4n) is 2.97. The van der Waals surface area contributed by atoms with Gasteiger partial charge in [0, 0.05) is 11.9 Å². The van der Waals surface area contributed by atoms with Gasteiger partial charge in [0.2, 0.25) is 0 Å². The van der Waals surface area contributed by atoms with Crippen LogP contribution < -0.4 is 10.9 Å². The first kappa shape index (κ1) is 21.2. The highest BCUT2D eigenvalue weighted by Crippen LogP contribution is 2.15. The van der Waals surface area contributed by atoms with E-state index in [2.05, 4.69) is 10.4 Å². The van der Waals surface area contributed by atoms with Crippen LogP contribution in [0.3, 0.4) is 0 Å². The number of hydrogen-bond acceptors (Lipinski definition) is 5. The molecule has 0 saturated carbocycles. The summed E-state index contributed by atoms with van der Waals surface area (Å²) in [5.41, 5.74) is 0.585. The van der Waals surface area contributed by atoms with E-state index in [9.17, 15) is 14.4 Å². The highest BCUT2D eigenvalue weighted by molar-refractivity contribution is 6.02. The molecular formula is C23H25N3O4. The molecule has 0 aliphatic carbocycles. The Balaban J connectivity index is 1.92. The summed E-state index contributed by atoms with van der Waals surface area (Å²) < 4.78 is 6.60. The molecular weight excluding hydrogens is 382 g/mol. The van der Waals surface area contributed by atoms with Crippen molar-refractivity contribution in [1.29, 1.82) is 0 Å². The number of carbonyl (C=O) groups is 2. The Hall–Kier alpha value is -3.48. The monoisotopic (exact) mass is 407 g/mol. The first-order valence-electron chi connectivity index (χ1n) is 9.89. The molecule has 1 atom stereocenters. The molecule has 156 valence electrons. The van der Waals surface area contributed by atoms with Gasteiger partial charge in [-0.3, -0.25) is 9.59 Å². The first-order valence-corrected chi connectivity index (χ1v) is 9.89. The van der Waals surface area contributed by atoms with Crippen LogP contribution in [0.15, 0.2) is 59.4 Å². The summed E-state index contributed by atoms with van der Waals surface area (Å²) in [6.45, 7) is 6.17. The minimum atomic E-state index is -0.980. The van der Waals surface area contributed by atoms with Gasteiger partial charge in [-0.15, -0.1) is 0 Å². The van der Waals surface area contributed by atoms with Gasteiger partial charge in [0.15, 0.2) is 11.8 Å². The predicted molar refractivity (Wildman–Crippen MR) is 114 cm³/mol. The largest absolute Gasteiger partial charge is 0.448 e. The van der Waals surface area contributed by atoms with Crippen molar-refractivity contribution in [3.8, 4) is 0 Å². The zero-order chi connectivity index (χ0) is 21.7. The fourth-order valence-corrected chi connectivity index (χ4v) is 2.97. The van der Waals surface area contributed by atoms with Gasteiger partial charge in [-0.05, 0) is 24.5 Å². The van der Waals surface area contributed by atoms with Crippen LogP contribution in [0.2, 0.25) is 0 Å². The van der Waals surface area contributed by atoms with Crippen LogP contribution in [0.1, 0.15) is 36.8 Å². The lowest BCUT2D eigenvalue weighted by molar-refractivity contribution is -0.129. The van der Waals surface area contributed by atoms with Crippen LogP contribution in [0.25, 0.3) is 10.8 Å². The van der Waals surface area contributed by atoms with E-state index in [1.807, 2.05) is 44.2 Å². The van der Waals surface area contributed by atoms with Gasteiger partial charge in [-0.1, -0.05) is 62.4 Å². The van der Waals surface area contributed by atoms with Gasteiger partial charge in [0.05, 0.1) is 11.9 Å². The number of nitrogens with zero attached hydrogens (tertiary/aromatic N) is 2. The van der Waals surface area contributed by atoms with Crippen molar-refractivity contribution < 1.29 is 14.3 Å². The molecule has 0 radical (unpaired) electrons. The van der Waals surface area contributed by atoms with Crippen molar-refractivity contribution in [2.75, 3.05) is 6.54 Å². The number of benzene rings is 2. The number of aromatic nitrogens is 2. The Bertz CT molecular complexity index is 1110. The molecule has 1 heterocycles. The Labute approximate surface area is 174 Å². The lowest BCUT2D eigenvalue weighted by atomic mass is 10.1. The molecule has 0 aliphatic rings. The zero-order valence-electron chi connectivity index (χ0n) is 17.3. The minimum absolute atomic E-state index is 0.00430. The lowest BCUT2D eigenvalue weighted by Crippen LogP contribution is -2.38. The van der Waals surface area contributed by atoms with Gasteiger partial charge in [-0.2, -0.15) is 5.10 Å². The van der Waals surface area contributed by atoms with E-state index in [4.69, 9.17) is 4.74 Å². The third kappa shape index (κ3) is 4.92. The number of fused-ring (bicyclic) bond motifs is 1. The molecule has 7 heteroatoms. The van der Waals surface area contributed by atoms with Gasteiger partial charge < -0.3 is 10.1 Å². The molecule has 3 rings (SSSR count). The third-order valence-corrected chi connectivity index (χ3v) is 4.57. The second-order valence-corrected chi connectivity index (χ2v) is 7.53. The fraction of sp³-hybridized carbons (Fsp3) is 0.304. The molecule has 3 aromatic rings. The average Bonchev–Trinajstić information content (AvgIpc) is 2.74. The molecule has 30 heavy (non-hydrogen) atoms. The molecule has 1 aromatic heterocycles. The van der Waals surface area contributed by atoms with E-state index in [1.165, 1.54) is 11.6 Å². The van der Waals surface area contributed by atoms with Gasteiger partial charge in [-0.25, -0.2) is 9.48 Å². The Morgan fingerprint density at radius 1 is 1.00 bits per heavy atom. The highest BCUT2D eigenvalue weighted by atomic mass is 16.5. The van der Waals surface area contributed by atoms with Crippen molar-refractivity contribution in [2.45, 2.75) is 33.4 Å². The van der Waals surface area contributed by atoms with Crippen LogP contribution in [0.5, 0.6) is 0 Å². The Kier molecular flexibility index (Phi) is 6.61. The molecule has 1 amide bonds. The van der Waals surface area contributed by atoms with E-state index < -0.39 is 12.1 Å². The zero-order valence-corrected chi connectivity index (χ0v) is 17.3. The Morgan fingerprint density at radius 3 is 2.30 bits per heavy atom. The first-order chi connectivity index (χ1) is 14.4. The lowest BCUT2D eigenvalue weighted by Gasteiger charge is -2.15. The molecule has 7 nitrogen and oxygen atoms in total. The van der Waals surface area contributed by atoms with Crippen LogP contribution >= 0.6 is 0 Å². The third-order valence-electron chi connectivity index (χ3n) is 4.57. The van der Waals surface area contributed by atoms with Crippen LogP contribution in [0, 0.1) is 5.92 Å². The van der Waals surface area contributed by atoms with Crippen molar-refractivity contribution in [3.05, 3.63) is 76.2 Å². The second-order valence-electron chi connectivity index (χ2n) is 7.53. The minimum Gasteiger partial charge on any atom is -0.448 e. The predicted octanol–water partition coefficient (Wildman–Crippen LogP) is 2.76. The van der Waals surface area contributed by atoms with E-state index in [-0.39, 0.29) is 29.6 Å². The van der Waals surface area contributed by atoms with E-state index in [0.717, 1.165) is 5.56 Å². The highest BCUT2D eigenvalue weighted by Gasteiger charge is 2.23. The summed E-state index contributed by atoms with van der Waals surface area (Å²) in [5.74, 6) is -0.844. The summed E-state index contributed by atoms with van der Waals surface area (Å²) in [6, 6.07) is 16.1. The van der Waals surface area contributed by atoms with Gasteiger partial charge in [0.25, 0.3) is 11.5 Å². The summed E-state index contributed by atoms with van der Waals surface area (Å²) in [6.07, 6.45) is -0.980. The number of carbonyl (C=O) groups excluding carboxylic acids is 2. The summed E-state index contributed by atoms with van der Waals surface area (Å²) in [5, 5.41) is 7.78. The molecule has 0 fully saturated rings. The standard InChI is InChI=1S/C23H25N3O4/c1-15(2)13-24-21(27)16(3)30-23(29)20-18-11-7-8-12-19(18)22(28)26(25-20)14-17-9-5-4-6-10-17/h4-12,15-16H,13-14H2,1-3H3,(H,24,27)/t16-/m1/s1. The maximum Gasteiger partial charge on any atom is 0.360 e. The average molecular weight is 407 g/mol. The van der Waals surface area contributed by atoms with Crippen molar-refractivity contribution in [2.24, 2.45) is 5.92 Å². The number of hydrogen-bond donors (Lipinski definition) is 1. The topological polar surface area (TPSA) is 90.3 Å². The molecule has 0 bridgehead atoms. The van der Waals surface area contributed by atoms with Gasteiger partial charge in [0.1, 0.15) is 0 Å². The maximum absolute atomic E-state index is 12.9. The summed E-state index contributed by atoms with van der Waals surface area (Å²) in [4.78, 5) is 37.9.